The number of nitrogens with one attached hydrogen (secondary N) is 1. The van der Waals surface area contributed by atoms with Crippen molar-refractivity contribution in [1.82, 2.24) is 14.3 Å². The van der Waals surface area contributed by atoms with Crippen LogP contribution in [0.25, 0.3) is 21.8 Å². The standard InChI is InChI=1S/C22H13ClF7N3O5S/c23-11-1-2-14(17-16(11)18(34)33(36)19(35)31-17)39(37,38)9-7-12(24)10-3-5-32(13(10)8-9)6-4-15-20(25,26)22(29,30)21(15,27)28/h1-3,5,7-8,15,36H,4,6H2,(H,31,35). The fourth-order valence-corrected chi connectivity index (χ4v) is 6.30. The molecule has 2 N–H and O–H groups in total. The minimum absolute atomic E-state index is 0.232. The highest BCUT2D eigenvalue weighted by Gasteiger charge is 2.89. The van der Waals surface area contributed by atoms with Gasteiger partial charge in [-0.1, -0.05) is 16.3 Å². The zero-order chi connectivity index (χ0) is 28.9. The minimum Gasteiger partial charge on any atom is -0.421 e. The Hall–Kier alpha value is -3.53. The van der Waals surface area contributed by atoms with Crippen LogP contribution in [-0.4, -0.2) is 45.7 Å². The van der Waals surface area contributed by atoms with Gasteiger partial charge in [0, 0.05) is 18.1 Å². The first-order valence-electron chi connectivity index (χ1n) is 10.8. The molecule has 1 fully saturated rings. The number of aryl methyl sites for hydroxylation is 1. The summed E-state index contributed by atoms with van der Waals surface area (Å²) >= 11 is 5.94. The second-order valence-corrected chi connectivity index (χ2v) is 11.2. The van der Waals surface area contributed by atoms with Crippen molar-refractivity contribution in [2.75, 3.05) is 0 Å². The van der Waals surface area contributed by atoms with Gasteiger partial charge in [-0.3, -0.25) is 4.79 Å². The molecule has 4 aromatic rings. The van der Waals surface area contributed by atoms with Gasteiger partial charge in [-0.15, -0.1) is 0 Å². The van der Waals surface area contributed by atoms with Crippen molar-refractivity contribution in [3.8, 4) is 0 Å². The van der Waals surface area contributed by atoms with Crippen LogP contribution in [0.4, 0.5) is 30.7 Å². The topological polar surface area (TPSA) is 114 Å². The largest absolute Gasteiger partial charge is 0.421 e. The first-order valence-corrected chi connectivity index (χ1v) is 12.6. The second-order valence-electron chi connectivity index (χ2n) is 8.85. The third kappa shape index (κ3) is 3.53. The van der Waals surface area contributed by atoms with Gasteiger partial charge in [0.2, 0.25) is 9.84 Å². The number of benzene rings is 2. The Bertz CT molecular complexity index is 1900. The Labute approximate surface area is 216 Å². The van der Waals surface area contributed by atoms with E-state index in [0.717, 1.165) is 35.0 Å². The van der Waals surface area contributed by atoms with E-state index in [4.69, 9.17) is 11.6 Å². The van der Waals surface area contributed by atoms with E-state index in [1.165, 1.54) is 0 Å². The molecule has 0 bridgehead atoms. The number of nitrogens with zero attached hydrogens (tertiary/aromatic N) is 2. The minimum atomic E-state index is -5.53. The van der Waals surface area contributed by atoms with Crippen LogP contribution in [0, 0.1) is 11.7 Å². The molecule has 0 amide bonds. The number of aromatic amines is 1. The van der Waals surface area contributed by atoms with Crippen LogP contribution in [0.3, 0.4) is 0 Å². The maximum absolute atomic E-state index is 14.9. The molecule has 0 spiro atoms. The molecule has 17 heteroatoms. The Morgan fingerprint density at radius 2 is 1.67 bits per heavy atom. The second kappa shape index (κ2) is 8.24. The van der Waals surface area contributed by atoms with Crippen LogP contribution in [-0.2, 0) is 16.4 Å². The average molecular weight is 600 g/mol. The first kappa shape index (κ1) is 27.1. The summed E-state index contributed by atoms with van der Waals surface area (Å²) in [5, 5.41) is 8.42. The highest BCUT2D eigenvalue weighted by molar-refractivity contribution is 7.91. The highest BCUT2D eigenvalue weighted by atomic mass is 35.5. The molecule has 0 atom stereocenters. The van der Waals surface area contributed by atoms with Crippen LogP contribution in [0.15, 0.2) is 55.9 Å². The average Bonchev–Trinajstić information content (AvgIpc) is 3.25. The third-order valence-corrected chi connectivity index (χ3v) is 8.82. The number of alkyl halides is 6. The van der Waals surface area contributed by atoms with Crippen LogP contribution < -0.4 is 11.2 Å². The normalized spacial score (nSPS) is 18.5. The molecule has 5 rings (SSSR count). The summed E-state index contributed by atoms with van der Waals surface area (Å²) in [7, 11) is -4.77. The lowest BCUT2D eigenvalue weighted by molar-refractivity contribution is -0.436. The van der Waals surface area contributed by atoms with E-state index in [0.29, 0.717) is 6.07 Å². The number of fused-ring (bicyclic) bond motifs is 2. The van der Waals surface area contributed by atoms with Gasteiger partial charge in [-0.25, -0.2) is 17.6 Å². The van der Waals surface area contributed by atoms with Crippen molar-refractivity contribution in [3.63, 3.8) is 0 Å². The van der Waals surface area contributed by atoms with Gasteiger partial charge < -0.3 is 14.8 Å². The number of hydrogen-bond acceptors (Lipinski definition) is 5. The zero-order valence-corrected chi connectivity index (χ0v) is 20.4. The third-order valence-electron chi connectivity index (χ3n) is 6.73. The lowest BCUT2D eigenvalue weighted by atomic mass is 9.70. The fraction of sp³-hybridized carbons (Fsp3) is 0.273. The van der Waals surface area contributed by atoms with Gasteiger partial charge in [-0.2, -0.15) is 26.3 Å². The SMILES string of the molecule is O=c1[nH]c2c(S(=O)(=O)c3cc(F)c4ccn(CCC5C(F)(F)C(F)(F)C5(F)F)c4c3)ccc(Cl)c2c(=O)n1O. The number of sulfone groups is 1. The van der Waals surface area contributed by atoms with E-state index >= 15 is 0 Å². The van der Waals surface area contributed by atoms with Crippen molar-refractivity contribution < 1.29 is 44.4 Å². The molecule has 0 aliphatic heterocycles. The summed E-state index contributed by atoms with van der Waals surface area (Å²) in [6, 6.07) is 4.45. The van der Waals surface area contributed by atoms with Crippen molar-refractivity contribution in [1.29, 1.82) is 0 Å². The van der Waals surface area contributed by atoms with Crippen LogP contribution in [0.2, 0.25) is 5.02 Å². The smallest absolute Gasteiger partial charge is 0.372 e. The van der Waals surface area contributed by atoms with Crippen molar-refractivity contribution >= 4 is 43.2 Å². The molecule has 208 valence electrons. The highest BCUT2D eigenvalue weighted by Crippen LogP contribution is 2.65. The number of hydrogen-bond donors (Lipinski definition) is 2. The molecule has 1 aliphatic carbocycles. The number of halogens is 8. The molecule has 8 nitrogen and oxygen atoms in total. The summed E-state index contributed by atoms with van der Waals surface area (Å²) in [5.41, 5.74) is -3.61. The predicted octanol–water partition coefficient (Wildman–Crippen LogP) is 4.43. The molecular weight excluding hydrogens is 587 g/mol. The van der Waals surface area contributed by atoms with Gasteiger partial charge in [0.05, 0.1) is 31.2 Å². The van der Waals surface area contributed by atoms with Crippen LogP contribution in [0.5, 0.6) is 0 Å². The molecule has 1 saturated carbocycles. The molecule has 2 aromatic heterocycles. The van der Waals surface area contributed by atoms with E-state index < -0.39 is 84.2 Å². The van der Waals surface area contributed by atoms with Gasteiger partial charge >= 0.3 is 23.5 Å². The Morgan fingerprint density at radius 1 is 1.03 bits per heavy atom. The number of aromatic nitrogens is 3. The monoisotopic (exact) mass is 599 g/mol. The van der Waals surface area contributed by atoms with Crippen molar-refractivity contribution in [3.05, 3.63) is 68.2 Å². The maximum Gasteiger partial charge on any atom is 0.372 e. The molecule has 1 aliphatic rings. The molecular formula is C22H13ClF7N3O5S. The van der Waals surface area contributed by atoms with Gasteiger partial charge in [-0.05, 0) is 36.8 Å². The summed E-state index contributed by atoms with van der Waals surface area (Å²) in [6.45, 7) is -0.717. The molecule has 2 aromatic carbocycles. The first-order chi connectivity index (χ1) is 17.9. The van der Waals surface area contributed by atoms with E-state index in [1.54, 1.807) is 0 Å². The van der Waals surface area contributed by atoms with Gasteiger partial charge in [0.1, 0.15) is 11.7 Å². The quantitative estimate of drug-likeness (QED) is 0.260. The van der Waals surface area contributed by atoms with E-state index in [2.05, 4.69) is 0 Å². The molecule has 0 unspecified atom stereocenters. The van der Waals surface area contributed by atoms with Gasteiger partial charge in [0.25, 0.3) is 5.56 Å². The van der Waals surface area contributed by atoms with E-state index in [9.17, 15) is 53.9 Å². The molecule has 39 heavy (non-hydrogen) atoms. The fourth-order valence-electron chi connectivity index (χ4n) is 4.62. The van der Waals surface area contributed by atoms with Crippen molar-refractivity contribution in [2.45, 2.75) is 40.5 Å². The zero-order valence-electron chi connectivity index (χ0n) is 18.9. The maximum atomic E-state index is 14.9. The van der Waals surface area contributed by atoms with Gasteiger partial charge in [0.15, 0.2) is 0 Å². The number of rotatable bonds is 5. The summed E-state index contributed by atoms with van der Waals surface area (Å²) in [6.07, 6.45) is -0.0649. The molecule has 0 saturated heterocycles. The lowest BCUT2D eigenvalue weighted by Gasteiger charge is -2.50. The molecule has 0 radical (unpaired) electrons. The van der Waals surface area contributed by atoms with Crippen LogP contribution >= 0.6 is 11.6 Å². The number of H-pyrrole nitrogens is 1. The lowest BCUT2D eigenvalue weighted by Crippen LogP contribution is -2.74. The summed E-state index contributed by atoms with van der Waals surface area (Å²) in [5.74, 6) is -19.6. The predicted molar refractivity (Wildman–Crippen MR) is 121 cm³/mol. The Balaban J connectivity index is 1.60. The van der Waals surface area contributed by atoms with Crippen molar-refractivity contribution in [2.24, 2.45) is 5.92 Å². The molecule has 2 heterocycles. The Morgan fingerprint density at radius 3 is 2.31 bits per heavy atom. The summed E-state index contributed by atoms with van der Waals surface area (Å²) < 4.78 is 124. The van der Waals surface area contributed by atoms with E-state index in [-0.39, 0.29) is 20.7 Å². The van der Waals surface area contributed by atoms with Crippen LogP contribution in [0.1, 0.15) is 6.42 Å². The Kier molecular flexibility index (Phi) is 5.71. The summed E-state index contributed by atoms with van der Waals surface area (Å²) in [4.78, 5) is 24.7. The van der Waals surface area contributed by atoms with E-state index in [1.807, 2.05) is 4.98 Å².